The molecule has 4 aliphatic carbocycles. The summed E-state index contributed by atoms with van der Waals surface area (Å²) in [7, 11) is 2.92. The van der Waals surface area contributed by atoms with E-state index in [9.17, 15) is 90.7 Å². The van der Waals surface area contributed by atoms with Crippen LogP contribution in [0.25, 0.3) is 0 Å². The molecule has 31 heteroatoms. The number of carbonyl (C=O) groups excluding carboxylic acids is 3. The van der Waals surface area contributed by atoms with Crippen LogP contribution in [0.15, 0.2) is 24.3 Å². The Morgan fingerprint density at radius 1 is 0.471 bits per heavy atom. The Balaban J connectivity index is 1.05. The van der Waals surface area contributed by atoms with Crippen molar-refractivity contribution in [3.05, 3.63) is 24.3 Å². The summed E-state index contributed by atoms with van der Waals surface area (Å²) in [5.41, 5.74) is 0. The maximum Gasteiger partial charge on any atom is 0.330 e. The lowest BCUT2D eigenvalue weighted by Gasteiger charge is -2.51. The first kappa shape index (κ1) is 69.3. The molecule has 29 atom stereocenters. The van der Waals surface area contributed by atoms with Crippen LogP contribution >= 0.6 is 0 Å². The predicted molar refractivity (Wildman–Crippen MR) is 284 cm³/mol. The summed E-state index contributed by atoms with van der Waals surface area (Å²) in [6, 6.07) is 0. The quantitative estimate of drug-likeness (QED) is 0.0167. The lowest BCUT2D eigenvalue weighted by atomic mass is 9.72. The molecule has 0 spiro atoms. The summed E-state index contributed by atoms with van der Waals surface area (Å²) in [6.45, 7) is -2.23. The number of carbonyl (C=O) groups is 4. The number of aliphatic carboxylic acids is 1. The first-order valence-corrected chi connectivity index (χ1v) is 29.6. The lowest BCUT2D eigenvalue weighted by Crippen LogP contribution is -2.66. The van der Waals surface area contributed by atoms with Crippen LogP contribution in [0.3, 0.4) is 0 Å². The topological polar surface area (TPSA) is 486 Å². The first-order valence-electron chi connectivity index (χ1n) is 29.6. The maximum absolute atomic E-state index is 13.2. The predicted octanol–water partition coefficient (Wildman–Crippen LogP) is -6.29. The summed E-state index contributed by atoms with van der Waals surface area (Å²) in [6.07, 6.45) is -34.2. The number of methoxy groups -OCH3 is 2. The number of hydrogen-bond donors (Lipinski definition) is 15. The molecule has 4 heterocycles. The number of ether oxygens (including phenoxy) is 12. The van der Waals surface area contributed by atoms with Gasteiger partial charge in [-0.05, 0) is 69.6 Å². The van der Waals surface area contributed by atoms with Gasteiger partial charge in [0.05, 0.1) is 54.7 Å². The molecule has 0 radical (unpaired) electrons. The highest BCUT2D eigenvalue weighted by molar-refractivity contribution is 5.90. The molecule has 8 rings (SSSR count). The second kappa shape index (κ2) is 31.2. The van der Waals surface area contributed by atoms with Gasteiger partial charge in [0, 0.05) is 45.1 Å². The number of carboxylic acids is 1. The van der Waals surface area contributed by atoms with Gasteiger partial charge in [0.2, 0.25) is 0 Å². The van der Waals surface area contributed by atoms with E-state index >= 15 is 0 Å². The second-order valence-electron chi connectivity index (χ2n) is 24.2. The van der Waals surface area contributed by atoms with E-state index in [1.165, 1.54) is 14.2 Å². The van der Waals surface area contributed by atoms with Crippen LogP contribution in [0, 0.1) is 23.7 Å². The van der Waals surface area contributed by atoms with E-state index in [-0.39, 0.29) is 43.9 Å². The Bertz CT molecular complexity index is 2280. The number of allylic oxidation sites excluding steroid dienone is 2. The van der Waals surface area contributed by atoms with E-state index in [2.05, 4.69) is 0 Å². The molecule has 0 aromatic heterocycles. The van der Waals surface area contributed by atoms with Crippen LogP contribution in [0.1, 0.15) is 77.0 Å². The molecule has 4 saturated heterocycles. The molecule has 87 heavy (non-hydrogen) atoms. The minimum atomic E-state index is -2.11. The Hall–Kier alpha value is -3.56. The van der Waals surface area contributed by atoms with Crippen LogP contribution in [0.2, 0.25) is 0 Å². The van der Waals surface area contributed by atoms with Crippen molar-refractivity contribution in [3.8, 4) is 0 Å². The fourth-order valence-electron chi connectivity index (χ4n) is 13.2. The van der Waals surface area contributed by atoms with Crippen molar-refractivity contribution in [1.82, 2.24) is 0 Å². The van der Waals surface area contributed by atoms with Gasteiger partial charge < -0.3 is 133 Å². The monoisotopic (exact) mass is 1260 g/mol. The van der Waals surface area contributed by atoms with Gasteiger partial charge in [0.15, 0.2) is 31.1 Å². The minimum absolute atomic E-state index is 0.00191. The van der Waals surface area contributed by atoms with Crippen molar-refractivity contribution in [3.63, 3.8) is 0 Å². The average molecular weight is 1260 g/mol. The van der Waals surface area contributed by atoms with Gasteiger partial charge in [-0.25, -0.2) is 9.59 Å². The van der Waals surface area contributed by atoms with E-state index in [1.807, 2.05) is 0 Å². The summed E-state index contributed by atoms with van der Waals surface area (Å²) in [4.78, 5) is 49.4. The van der Waals surface area contributed by atoms with E-state index in [0.29, 0.717) is 38.5 Å². The van der Waals surface area contributed by atoms with Crippen molar-refractivity contribution < 1.29 is 153 Å². The van der Waals surface area contributed by atoms with Crippen LogP contribution in [-0.4, -0.2) is 305 Å². The largest absolute Gasteiger partial charge is 0.481 e. The highest BCUT2D eigenvalue weighted by Crippen LogP contribution is 2.45. The molecule has 0 aromatic carbocycles. The number of hydrogen-bond acceptors (Lipinski definition) is 29. The third-order valence-electron chi connectivity index (χ3n) is 18.2. The van der Waals surface area contributed by atoms with Crippen LogP contribution in [0.5, 0.6) is 0 Å². The molecule has 496 valence electrons. The minimum Gasteiger partial charge on any atom is -0.481 e. The Kier molecular flexibility index (Phi) is 24.8. The maximum atomic E-state index is 13.2. The van der Waals surface area contributed by atoms with E-state index in [1.54, 1.807) is 12.2 Å². The Labute approximate surface area is 499 Å². The zero-order valence-electron chi connectivity index (χ0n) is 48.1. The molecular weight excluding hydrogens is 1170 g/mol. The number of aliphatic hydroxyl groups is 16. The zero-order chi connectivity index (χ0) is 63.1. The summed E-state index contributed by atoms with van der Waals surface area (Å²) < 4.78 is 68.9. The fourth-order valence-corrected chi connectivity index (χ4v) is 13.2. The van der Waals surface area contributed by atoms with Crippen molar-refractivity contribution in [2.75, 3.05) is 34.0 Å². The number of aliphatic hydroxyl groups excluding tert-OH is 14. The third kappa shape index (κ3) is 17.3. The Morgan fingerprint density at radius 2 is 0.943 bits per heavy atom. The summed E-state index contributed by atoms with van der Waals surface area (Å²) in [5.74, 6) is -6.45. The number of carboxylic acid groups (broad SMARTS) is 1. The molecule has 4 aliphatic heterocycles. The molecular formula is C56H87O31+. The normalized spacial score (nSPS) is 46.4. The smallest absolute Gasteiger partial charge is 0.330 e. The molecule has 8 aliphatic rings. The zero-order valence-corrected chi connectivity index (χ0v) is 48.1. The van der Waals surface area contributed by atoms with Crippen molar-refractivity contribution in [2.45, 2.75) is 242 Å². The molecule has 31 nitrogen and oxygen atoms in total. The van der Waals surface area contributed by atoms with Crippen LogP contribution < -0.4 is 0 Å². The number of esters is 3. The number of fused-ring (bicyclic) bond motifs is 1. The van der Waals surface area contributed by atoms with E-state index < -0.39 is 227 Å². The summed E-state index contributed by atoms with van der Waals surface area (Å²) in [5, 5.41) is 164. The number of rotatable bonds is 21. The highest BCUT2D eigenvalue weighted by Gasteiger charge is 2.59. The summed E-state index contributed by atoms with van der Waals surface area (Å²) >= 11 is 0. The van der Waals surface area contributed by atoms with Gasteiger partial charge in [-0.3, -0.25) is 9.59 Å². The first-order chi connectivity index (χ1) is 41.3. The average Bonchev–Trinajstić information content (AvgIpc) is 1.40. The van der Waals surface area contributed by atoms with Gasteiger partial charge in [0.25, 0.3) is 0 Å². The van der Waals surface area contributed by atoms with E-state index in [0.717, 1.165) is 12.2 Å². The fraction of sp³-hybridized carbons (Fsp3) is 0.857. The lowest BCUT2D eigenvalue weighted by molar-refractivity contribution is -0.390. The van der Waals surface area contributed by atoms with Crippen LogP contribution in [0.4, 0.5) is 0 Å². The third-order valence-corrected chi connectivity index (χ3v) is 18.2. The molecule has 0 amide bonds. The Morgan fingerprint density at radius 3 is 1.45 bits per heavy atom. The SMILES string of the molecule is COC1CC(C=CC(=O)OCC2OC(OC3C(OC4CC5C(OC6OC(COC(=O)CC(=O)O)C(O)C(O)C6O)CC(O)CC5[OH+]C4C4CC(O)C(O)C(O)C4)OC(COC(=O)C=CC4CCC(O)C(OC)C4)C(O)C3O)C(O)C(O)C2O)CCC1O. The molecule has 0 aromatic rings. The van der Waals surface area contributed by atoms with Gasteiger partial charge in [-0.1, -0.05) is 12.2 Å². The van der Waals surface area contributed by atoms with E-state index in [4.69, 9.17) is 61.9 Å². The van der Waals surface area contributed by atoms with Gasteiger partial charge in [0.1, 0.15) is 112 Å². The van der Waals surface area contributed by atoms with Crippen molar-refractivity contribution in [1.29, 1.82) is 0 Å². The second-order valence-corrected chi connectivity index (χ2v) is 24.2. The molecule has 0 bridgehead atoms. The molecule has 4 saturated carbocycles. The molecule has 29 unspecified atom stereocenters. The van der Waals surface area contributed by atoms with Gasteiger partial charge >= 0.3 is 23.9 Å². The van der Waals surface area contributed by atoms with Gasteiger partial charge in [-0.15, -0.1) is 0 Å². The van der Waals surface area contributed by atoms with Crippen molar-refractivity contribution in [2.24, 2.45) is 23.7 Å². The highest BCUT2D eigenvalue weighted by atomic mass is 16.8. The van der Waals surface area contributed by atoms with Crippen LogP contribution in [-0.2, 0) is 71.3 Å². The van der Waals surface area contributed by atoms with Gasteiger partial charge in [-0.2, -0.15) is 0 Å². The molecule has 8 fully saturated rings. The van der Waals surface area contributed by atoms with Crippen molar-refractivity contribution >= 4 is 23.9 Å². The standard InChI is InChI=1S/C56H86O31/c1-76-33-11-22(3-7-27(33)58)5-9-40(64)78-19-36-44(68)48(72)51(75)55(85-36)87-53-49(73)46(70)38(20-79-41(65)10-6-23-4-8-28(59)34(12-23)77-2)86-56(53)83-35-17-26-31(81-52(35)24-13-29(60)43(67)30(61)14-24)15-25(57)16-32(26)82-54-50(74)47(71)45(69)37(84-54)21-80-42(66)18-39(62)63/h5-6,9-10,22-38,43-61,67-75H,3-4,7-8,11-21H2,1-2H3,(H,62,63)/p+1. The molecule has 16 N–H and O–H groups in total.